The number of fused-ring (bicyclic) bond motifs is 1. The molecule has 1 aromatic heterocycles. The van der Waals surface area contributed by atoms with Crippen LogP contribution in [0.25, 0.3) is 5.76 Å². The van der Waals surface area contributed by atoms with Crippen LogP contribution in [0.15, 0.2) is 72.6 Å². The van der Waals surface area contributed by atoms with Crippen molar-refractivity contribution in [2.24, 2.45) is 0 Å². The molecule has 5 rings (SSSR count). The number of aliphatic hydroxyl groups excluding tert-OH is 1. The number of hydrogen-bond acceptors (Lipinski definition) is 7. The predicted molar refractivity (Wildman–Crippen MR) is 131 cm³/mol. The Labute approximate surface area is 207 Å². The molecule has 0 spiro atoms. The first-order valence-corrected chi connectivity index (χ1v) is 11.7. The van der Waals surface area contributed by atoms with Crippen LogP contribution in [0.4, 0.5) is 5.69 Å². The van der Waals surface area contributed by atoms with Gasteiger partial charge in [-0.3, -0.25) is 24.3 Å². The van der Waals surface area contributed by atoms with E-state index >= 15 is 0 Å². The molecule has 8 heteroatoms. The fourth-order valence-corrected chi connectivity index (χ4v) is 4.59. The van der Waals surface area contributed by atoms with Crippen molar-refractivity contribution in [3.8, 4) is 5.75 Å². The molecule has 1 fully saturated rings. The molecule has 1 atom stereocenters. The third kappa shape index (κ3) is 4.22. The molecule has 1 N–H and O–H groups in total. The molecule has 2 aliphatic rings. The molecular formula is C28H24N2O6. The van der Waals surface area contributed by atoms with E-state index in [1.807, 2.05) is 0 Å². The number of carbonyl (C=O) groups is 3. The Balaban J connectivity index is 1.57. The number of benzene rings is 2. The van der Waals surface area contributed by atoms with E-state index in [2.05, 4.69) is 4.98 Å². The number of hydrogen-bond donors (Lipinski definition) is 1. The van der Waals surface area contributed by atoms with Crippen molar-refractivity contribution in [2.45, 2.75) is 25.8 Å². The Bertz CT molecular complexity index is 1360. The summed E-state index contributed by atoms with van der Waals surface area (Å²) in [4.78, 5) is 43.9. The first-order chi connectivity index (χ1) is 17.5. The number of anilines is 1. The van der Waals surface area contributed by atoms with Gasteiger partial charge in [-0.05, 0) is 60.0 Å². The Morgan fingerprint density at radius 1 is 1.17 bits per heavy atom. The number of amides is 1. The second-order valence-electron chi connectivity index (χ2n) is 8.52. The number of rotatable bonds is 6. The second-order valence-corrected chi connectivity index (χ2v) is 8.52. The first kappa shape index (κ1) is 23.3. The number of nitrogens with zero attached hydrogens (tertiary/aromatic N) is 2. The highest BCUT2D eigenvalue weighted by molar-refractivity contribution is 6.51. The Morgan fingerprint density at radius 2 is 1.97 bits per heavy atom. The molecule has 36 heavy (non-hydrogen) atoms. The lowest BCUT2D eigenvalue weighted by atomic mass is 9.95. The van der Waals surface area contributed by atoms with Gasteiger partial charge in [0.25, 0.3) is 11.7 Å². The Morgan fingerprint density at radius 3 is 2.69 bits per heavy atom. The highest BCUT2D eigenvalue weighted by atomic mass is 16.5. The largest absolute Gasteiger partial charge is 0.507 e. The molecule has 0 bridgehead atoms. The van der Waals surface area contributed by atoms with Crippen LogP contribution in [-0.4, -0.2) is 41.0 Å². The van der Waals surface area contributed by atoms with Crippen molar-refractivity contribution in [1.29, 1.82) is 0 Å². The van der Waals surface area contributed by atoms with Crippen LogP contribution < -0.4 is 9.64 Å². The summed E-state index contributed by atoms with van der Waals surface area (Å²) in [6.07, 6.45) is 3.97. The van der Waals surface area contributed by atoms with Crippen molar-refractivity contribution in [2.75, 3.05) is 18.1 Å². The fourth-order valence-electron chi connectivity index (χ4n) is 4.59. The van der Waals surface area contributed by atoms with Gasteiger partial charge in [0, 0.05) is 30.1 Å². The monoisotopic (exact) mass is 484 g/mol. The molecule has 2 aromatic carbocycles. The normalized spacial score (nSPS) is 18.1. The molecule has 0 saturated carbocycles. The summed E-state index contributed by atoms with van der Waals surface area (Å²) in [6.45, 7) is 2.60. The van der Waals surface area contributed by atoms with E-state index in [0.29, 0.717) is 42.0 Å². The summed E-state index contributed by atoms with van der Waals surface area (Å²) in [5.74, 6) is -1.39. The zero-order valence-electron chi connectivity index (χ0n) is 19.6. The van der Waals surface area contributed by atoms with Gasteiger partial charge in [-0.1, -0.05) is 18.2 Å². The van der Waals surface area contributed by atoms with Gasteiger partial charge in [0.2, 0.25) is 0 Å². The second kappa shape index (κ2) is 9.65. The third-order valence-electron chi connectivity index (χ3n) is 6.28. The van der Waals surface area contributed by atoms with E-state index < -0.39 is 17.7 Å². The molecule has 3 aromatic rings. The maximum atomic E-state index is 13.3. The smallest absolute Gasteiger partial charge is 0.310 e. The van der Waals surface area contributed by atoms with Crippen molar-refractivity contribution >= 4 is 29.1 Å². The number of ether oxygens (including phenoxy) is 2. The molecule has 0 aliphatic carbocycles. The molecule has 1 unspecified atom stereocenters. The highest BCUT2D eigenvalue weighted by Crippen LogP contribution is 2.42. The van der Waals surface area contributed by atoms with Crippen LogP contribution in [0.2, 0.25) is 0 Å². The predicted octanol–water partition coefficient (Wildman–Crippen LogP) is 3.75. The van der Waals surface area contributed by atoms with Gasteiger partial charge < -0.3 is 14.6 Å². The van der Waals surface area contributed by atoms with Crippen LogP contribution >= 0.6 is 0 Å². The van der Waals surface area contributed by atoms with Crippen LogP contribution in [0.5, 0.6) is 5.75 Å². The number of esters is 1. The minimum absolute atomic E-state index is 0.0116. The van der Waals surface area contributed by atoms with Gasteiger partial charge in [-0.25, -0.2) is 0 Å². The molecule has 1 saturated heterocycles. The summed E-state index contributed by atoms with van der Waals surface area (Å²) < 4.78 is 10.5. The molecular weight excluding hydrogens is 460 g/mol. The number of pyridine rings is 1. The van der Waals surface area contributed by atoms with Crippen LogP contribution in [-0.2, 0) is 32.0 Å². The maximum absolute atomic E-state index is 13.3. The van der Waals surface area contributed by atoms with Gasteiger partial charge in [0.05, 0.1) is 31.2 Å². The molecule has 0 radical (unpaired) electrons. The molecule has 3 heterocycles. The van der Waals surface area contributed by atoms with Crippen LogP contribution in [0.1, 0.15) is 35.2 Å². The van der Waals surface area contributed by atoms with Gasteiger partial charge in [0.1, 0.15) is 11.5 Å². The van der Waals surface area contributed by atoms with Gasteiger partial charge in [0.15, 0.2) is 0 Å². The lowest BCUT2D eigenvalue weighted by molar-refractivity contribution is -0.142. The van der Waals surface area contributed by atoms with Crippen molar-refractivity contribution < 1.29 is 29.0 Å². The topological polar surface area (TPSA) is 106 Å². The lowest BCUT2D eigenvalue weighted by Crippen LogP contribution is -2.29. The average Bonchev–Trinajstić information content (AvgIpc) is 3.47. The minimum Gasteiger partial charge on any atom is -0.507 e. The third-order valence-corrected chi connectivity index (χ3v) is 6.28. The molecule has 1 amide bonds. The van der Waals surface area contributed by atoms with E-state index in [-0.39, 0.29) is 23.7 Å². The van der Waals surface area contributed by atoms with E-state index in [1.165, 1.54) is 4.90 Å². The van der Waals surface area contributed by atoms with Crippen LogP contribution in [0, 0.1) is 0 Å². The average molecular weight is 485 g/mol. The summed E-state index contributed by atoms with van der Waals surface area (Å²) in [6, 6.07) is 14.6. The number of carbonyl (C=O) groups excluding carboxylic acids is 3. The van der Waals surface area contributed by atoms with Gasteiger partial charge in [-0.15, -0.1) is 0 Å². The van der Waals surface area contributed by atoms with Gasteiger partial charge >= 0.3 is 5.97 Å². The number of Topliss-reactive ketones (excluding diaryl/α,β-unsaturated/α-hetero) is 1. The van der Waals surface area contributed by atoms with Crippen LogP contribution in [0.3, 0.4) is 0 Å². The Kier molecular flexibility index (Phi) is 6.25. The zero-order valence-corrected chi connectivity index (χ0v) is 19.6. The molecule has 182 valence electrons. The highest BCUT2D eigenvalue weighted by Gasteiger charge is 2.47. The minimum atomic E-state index is -0.876. The zero-order chi connectivity index (χ0) is 25.2. The van der Waals surface area contributed by atoms with Crippen molar-refractivity contribution in [3.05, 3.63) is 94.8 Å². The van der Waals surface area contributed by atoms with E-state index in [4.69, 9.17) is 9.47 Å². The molecule has 8 nitrogen and oxygen atoms in total. The quantitative estimate of drug-likeness (QED) is 0.246. The van der Waals surface area contributed by atoms with Crippen molar-refractivity contribution in [1.82, 2.24) is 4.98 Å². The van der Waals surface area contributed by atoms with E-state index in [0.717, 1.165) is 11.3 Å². The summed E-state index contributed by atoms with van der Waals surface area (Å²) in [7, 11) is 0. The molecule has 2 aliphatic heterocycles. The standard InChI is InChI=1S/C28H24N2O6/c1-2-35-23(31)14-17-5-8-21(9-6-17)30-25(20-4-3-12-29-16-20)24(27(33)28(30)34)26(32)19-7-10-22-18(15-19)11-13-36-22/h3-10,12,15-16,25,32H,2,11,13-14H2,1H3/b26-24-. The summed E-state index contributed by atoms with van der Waals surface area (Å²) >= 11 is 0. The van der Waals surface area contributed by atoms with Crippen molar-refractivity contribution in [3.63, 3.8) is 0 Å². The SMILES string of the molecule is CCOC(=O)Cc1ccc(N2C(=O)C(=O)/C(=C(\O)c3ccc4c(c3)CCO4)C2c2cccnc2)cc1. The maximum Gasteiger partial charge on any atom is 0.310 e. The summed E-state index contributed by atoms with van der Waals surface area (Å²) in [5, 5.41) is 11.3. The van der Waals surface area contributed by atoms with E-state index in [1.54, 1.807) is 73.9 Å². The van der Waals surface area contributed by atoms with E-state index in [9.17, 15) is 19.5 Å². The lowest BCUT2D eigenvalue weighted by Gasteiger charge is -2.25. The number of aliphatic hydroxyl groups is 1. The van der Waals surface area contributed by atoms with Gasteiger partial charge in [-0.2, -0.15) is 0 Å². The summed E-state index contributed by atoms with van der Waals surface area (Å²) in [5.41, 5.74) is 3.12. The first-order valence-electron chi connectivity index (χ1n) is 11.7. The number of aromatic nitrogens is 1. The Hall–Kier alpha value is -4.46. The number of ketones is 1. The fraction of sp³-hybridized carbons (Fsp3) is 0.214.